The van der Waals surface area contributed by atoms with Gasteiger partial charge in [0.25, 0.3) is 5.91 Å². The fraction of sp³-hybridized carbons (Fsp3) is 0.800. The van der Waals surface area contributed by atoms with Crippen LogP contribution in [0.1, 0.15) is 19.3 Å². The number of aliphatic hydroxyl groups excluding tert-OH is 1. The Kier molecular flexibility index (Phi) is 1.85. The minimum Gasteiger partial charge on any atom is -0.391 e. The van der Waals surface area contributed by atoms with Crippen molar-refractivity contribution in [2.45, 2.75) is 43.0 Å². The predicted molar refractivity (Wildman–Crippen MR) is 54.6 cm³/mol. The topological polar surface area (TPSA) is 81.7 Å². The summed E-state index contributed by atoms with van der Waals surface area (Å²) in [5.74, 6) is -0.241. The molecule has 3 aliphatic rings. The molecule has 2 bridgehead atoms. The number of nitrogens with one attached hydrogen (secondary N) is 2. The lowest BCUT2D eigenvalue weighted by atomic mass is 9.83. The minimum atomic E-state index is -0.781. The molecule has 0 aromatic rings. The molecule has 3 saturated heterocycles. The van der Waals surface area contributed by atoms with Gasteiger partial charge in [0.1, 0.15) is 5.54 Å². The molecule has 3 heterocycles. The van der Waals surface area contributed by atoms with Crippen molar-refractivity contribution in [3.05, 3.63) is 0 Å². The monoisotopic (exact) mass is 225 g/mol. The number of rotatable bonds is 0. The first-order valence-corrected chi connectivity index (χ1v) is 5.55. The van der Waals surface area contributed by atoms with Gasteiger partial charge in [-0.25, -0.2) is 4.79 Å². The zero-order valence-corrected chi connectivity index (χ0v) is 9.06. The summed E-state index contributed by atoms with van der Waals surface area (Å²) in [4.78, 5) is 25.1. The summed E-state index contributed by atoms with van der Waals surface area (Å²) in [6, 6.07) is -0.260. The largest absolute Gasteiger partial charge is 0.391 e. The van der Waals surface area contributed by atoms with Gasteiger partial charge in [0.05, 0.1) is 6.10 Å². The van der Waals surface area contributed by atoms with E-state index in [-0.39, 0.29) is 24.1 Å². The van der Waals surface area contributed by atoms with Gasteiger partial charge in [-0.3, -0.25) is 15.0 Å². The predicted octanol–water partition coefficient (Wildman–Crippen LogP) is -1.21. The Hall–Kier alpha value is -1.14. The highest BCUT2D eigenvalue weighted by Gasteiger charge is 2.57. The molecular formula is C10H15N3O3. The smallest absolute Gasteiger partial charge is 0.322 e. The van der Waals surface area contributed by atoms with Crippen LogP contribution in [0.15, 0.2) is 0 Å². The lowest BCUT2D eigenvalue weighted by molar-refractivity contribution is -0.126. The third-order valence-electron chi connectivity index (χ3n) is 4.21. The van der Waals surface area contributed by atoms with E-state index in [0.717, 1.165) is 0 Å². The summed E-state index contributed by atoms with van der Waals surface area (Å²) in [5.41, 5.74) is -0.781. The number of nitrogens with zero attached hydrogens (tertiary/aromatic N) is 1. The molecule has 0 aromatic heterocycles. The molecular weight excluding hydrogens is 210 g/mol. The summed E-state index contributed by atoms with van der Waals surface area (Å²) >= 11 is 0. The first-order chi connectivity index (χ1) is 7.52. The standard InChI is InChI=1S/C10H15N3O3/c1-13-5-2-7(14)6(13)4-10(3-5)8(15)11-9(16)12-10/h5-7,14H,2-4H2,1H3,(H2,11,12,15,16)/t5-,6-,7+,10+/m1/s1. The minimum absolute atomic E-state index is 0.0251. The zero-order valence-electron chi connectivity index (χ0n) is 9.06. The normalized spacial score (nSPS) is 47.2. The van der Waals surface area contributed by atoms with Crippen LogP contribution in [0.4, 0.5) is 4.79 Å². The SMILES string of the molecule is CN1[C@@H]2C[C@H](O)[C@H]1C[C@]1(C2)NC(=O)NC1=O. The molecule has 3 N–H and O–H groups in total. The number of fused-ring (bicyclic) bond motifs is 2. The number of aliphatic hydroxyl groups is 1. The molecule has 0 unspecified atom stereocenters. The van der Waals surface area contributed by atoms with E-state index >= 15 is 0 Å². The highest BCUT2D eigenvalue weighted by atomic mass is 16.3. The van der Waals surface area contributed by atoms with Gasteiger partial charge in [0.15, 0.2) is 0 Å². The molecule has 0 aromatic carbocycles. The molecule has 3 rings (SSSR count). The van der Waals surface area contributed by atoms with Crippen molar-refractivity contribution in [3.63, 3.8) is 0 Å². The molecule has 16 heavy (non-hydrogen) atoms. The van der Waals surface area contributed by atoms with Gasteiger partial charge < -0.3 is 10.4 Å². The van der Waals surface area contributed by atoms with E-state index in [9.17, 15) is 14.7 Å². The van der Waals surface area contributed by atoms with Crippen molar-refractivity contribution in [2.75, 3.05) is 7.05 Å². The maximum Gasteiger partial charge on any atom is 0.322 e. The molecule has 4 atom stereocenters. The van der Waals surface area contributed by atoms with Gasteiger partial charge in [-0.05, 0) is 26.3 Å². The lowest BCUT2D eigenvalue weighted by Gasteiger charge is -2.41. The number of hydrogen-bond donors (Lipinski definition) is 3. The maximum atomic E-state index is 11.8. The fourth-order valence-electron chi connectivity index (χ4n) is 3.31. The van der Waals surface area contributed by atoms with E-state index < -0.39 is 11.6 Å². The van der Waals surface area contributed by atoms with E-state index in [0.29, 0.717) is 19.3 Å². The van der Waals surface area contributed by atoms with Crippen LogP contribution in [0.2, 0.25) is 0 Å². The molecule has 0 saturated carbocycles. The Balaban J connectivity index is 1.91. The third kappa shape index (κ3) is 1.14. The molecule has 3 amide bonds. The number of likely N-dealkylation sites (N-methyl/N-ethyl adjacent to an activating group) is 1. The van der Waals surface area contributed by atoms with Crippen LogP contribution in [-0.4, -0.2) is 52.7 Å². The summed E-state index contributed by atoms with van der Waals surface area (Å²) in [6.07, 6.45) is 1.39. The number of carbonyl (C=O) groups excluding carboxylic acids is 2. The summed E-state index contributed by atoms with van der Waals surface area (Å²) < 4.78 is 0. The molecule has 88 valence electrons. The maximum absolute atomic E-state index is 11.8. The molecule has 3 fully saturated rings. The second-order valence-corrected chi connectivity index (χ2v) is 5.09. The van der Waals surface area contributed by atoms with Crippen LogP contribution in [0, 0.1) is 0 Å². The Morgan fingerprint density at radius 1 is 1.44 bits per heavy atom. The van der Waals surface area contributed by atoms with E-state index in [4.69, 9.17) is 0 Å². The quantitative estimate of drug-likeness (QED) is 0.452. The highest BCUT2D eigenvalue weighted by Crippen LogP contribution is 2.41. The molecule has 6 nitrogen and oxygen atoms in total. The van der Waals surface area contributed by atoms with Crippen molar-refractivity contribution in [1.29, 1.82) is 0 Å². The van der Waals surface area contributed by atoms with Crippen molar-refractivity contribution in [2.24, 2.45) is 0 Å². The second kappa shape index (κ2) is 2.95. The van der Waals surface area contributed by atoms with E-state index in [2.05, 4.69) is 15.5 Å². The Bertz CT molecular complexity index is 372. The van der Waals surface area contributed by atoms with Crippen LogP contribution in [0.5, 0.6) is 0 Å². The van der Waals surface area contributed by atoms with E-state index in [1.807, 2.05) is 7.05 Å². The lowest BCUT2D eigenvalue weighted by Crippen LogP contribution is -2.58. The Morgan fingerprint density at radius 2 is 2.19 bits per heavy atom. The van der Waals surface area contributed by atoms with Gasteiger partial charge in [0, 0.05) is 12.1 Å². The van der Waals surface area contributed by atoms with Gasteiger partial charge in [0.2, 0.25) is 0 Å². The van der Waals surface area contributed by atoms with E-state index in [1.54, 1.807) is 0 Å². The van der Waals surface area contributed by atoms with Crippen LogP contribution >= 0.6 is 0 Å². The van der Waals surface area contributed by atoms with Crippen molar-refractivity contribution >= 4 is 11.9 Å². The average molecular weight is 225 g/mol. The summed E-state index contributed by atoms with van der Waals surface area (Å²) in [6.45, 7) is 0. The molecule has 1 spiro atoms. The fourth-order valence-corrected chi connectivity index (χ4v) is 3.31. The molecule has 0 aliphatic carbocycles. The first-order valence-electron chi connectivity index (χ1n) is 5.55. The Morgan fingerprint density at radius 3 is 2.75 bits per heavy atom. The van der Waals surface area contributed by atoms with Crippen molar-refractivity contribution in [3.8, 4) is 0 Å². The van der Waals surface area contributed by atoms with Gasteiger partial charge in [-0.2, -0.15) is 0 Å². The number of imide groups is 1. The van der Waals surface area contributed by atoms with Crippen molar-refractivity contribution in [1.82, 2.24) is 15.5 Å². The van der Waals surface area contributed by atoms with Gasteiger partial charge in [-0.1, -0.05) is 0 Å². The number of carbonyl (C=O) groups is 2. The second-order valence-electron chi connectivity index (χ2n) is 5.09. The molecule has 0 radical (unpaired) electrons. The zero-order chi connectivity index (χ0) is 11.5. The summed E-state index contributed by atoms with van der Waals surface area (Å²) in [5, 5.41) is 14.9. The highest BCUT2D eigenvalue weighted by molar-refractivity contribution is 6.07. The van der Waals surface area contributed by atoms with Crippen LogP contribution in [0.3, 0.4) is 0 Å². The van der Waals surface area contributed by atoms with Gasteiger partial charge in [-0.15, -0.1) is 0 Å². The van der Waals surface area contributed by atoms with Gasteiger partial charge >= 0.3 is 6.03 Å². The number of urea groups is 1. The third-order valence-corrected chi connectivity index (χ3v) is 4.21. The van der Waals surface area contributed by atoms with Crippen LogP contribution in [0.25, 0.3) is 0 Å². The molecule has 3 aliphatic heterocycles. The Labute approximate surface area is 93.0 Å². The summed E-state index contributed by atoms with van der Waals surface area (Å²) in [7, 11) is 1.97. The van der Waals surface area contributed by atoms with Crippen LogP contribution in [-0.2, 0) is 4.79 Å². The van der Waals surface area contributed by atoms with E-state index in [1.165, 1.54) is 0 Å². The number of hydrogen-bond acceptors (Lipinski definition) is 4. The average Bonchev–Trinajstić information content (AvgIpc) is 2.54. The number of piperidine rings is 1. The first kappa shape index (κ1) is 10.0. The van der Waals surface area contributed by atoms with Crippen LogP contribution < -0.4 is 10.6 Å². The molecule has 6 heteroatoms. The van der Waals surface area contributed by atoms with Crippen molar-refractivity contribution < 1.29 is 14.7 Å². The number of amides is 3.